The summed E-state index contributed by atoms with van der Waals surface area (Å²) in [5.74, 6) is -0.157. The second kappa shape index (κ2) is 11.4. The Bertz CT molecular complexity index is 141. The molecule has 2 atom stereocenters. The van der Waals surface area contributed by atoms with Gasteiger partial charge >= 0.3 is 5.97 Å². The lowest BCUT2D eigenvalue weighted by Gasteiger charge is -2.10. The maximum Gasteiger partial charge on any atom is 0.305 e. The molecule has 0 rings (SSSR count). The summed E-state index contributed by atoms with van der Waals surface area (Å²) in [5.41, 5.74) is 0. The van der Waals surface area contributed by atoms with Crippen LogP contribution in [0.1, 0.15) is 27.2 Å². The van der Waals surface area contributed by atoms with E-state index in [1.807, 2.05) is 0 Å². The third-order valence-electron chi connectivity index (χ3n) is 1.40. The summed E-state index contributed by atoms with van der Waals surface area (Å²) >= 11 is 0. The average molecular weight is 222 g/mol. The second-order valence-corrected chi connectivity index (χ2v) is 3.11. The van der Waals surface area contributed by atoms with E-state index in [1.54, 1.807) is 20.8 Å². The van der Waals surface area contributed by atoms with Gasteiger partial charge in [0, 0.05) is 6.42 Å². The molecule has 0 heterocycles. The largest absolute Gasteiger partial charge is 0.469 e. The van der Waals surface area contributed by atoms with Gasteiger partial charge in [0.1, 0.15) is 0 Å². The number of rotatable bonds is 5. The highest BCUT2D eigenvalue weighted by Gasteiger charge is 2.00. The van der Waals surface area contributed by atoms with Gasteiger partial charge in [0.2, 0.25) is 0 Å². The summed E-state index contributed by atoms with van der Waals surface area (Å²) in [7, 11) is 1.38. The summed E-state index contributed by atoms with van der Waals surface area (Å²) in [4.78, 5) is 9.96. The van der Waals surface area contributed by atoms with Crippen molar-refractivity contribution in [3.8, 4) is 0 Å². The molecule has 0 bridgehead atoms. The molecule has 92 valence electrons. The van der Waals surface area contributed by atoms with E-state index >= 15 is 0 Å². The van der Waals surface area contributed by atoms with E-state index in [0.717, 1.165) is 0 Å². The van der Waals surface area contributed by atoms with Crippen LogP contribution in [0.15, 0.2) is 0 Å². The van der Waals surface area contributed by atoms with E-state index in [2.05, 4.69) is 4.74 Å². The van der Waals surface area contributed by atoms with Crippen molar-refractivity contribution in [2.24, 2.45) is 0 Å². The molecule has 0 aliphatic carbocycles. The first kappa shape index (κ1) is 16.8. The first-order chi connectivity index (χ1) is 6.97. The minimum absolute atomic E-state index is 0.00667. The molecular weight excluding hydrogens is 200 g/mol. The summed E-state index contributed by atoms with van der Waals surface area (Å²) in [6.07, 6.45) is -0.144. The highest BCUT2D eigenvalue weighted by molar-refractivity contribution is 5.68. The molecule has 15 heavy (non-hydrogen) atoms. The maximum absolute atomic E-state index is 9.96. The Morgan fingerprint density at radius 2 is 1.93 bits per heavy atom. The predicted molar refractivity (Wildman–Crippen MR) is 56.5 cm³/mol. The van der Waals surface area contributed by atoms with Crippen molar-refractivity contribution in [3.05, 3.63) is 0 Å². The molecule has 0 amide bonds. The van der Waals surface area contributed by atoms with Gasteiger partial charge in [-0.15, -0.1) is 0 Å². The topological polar surface area (TPSA) is 76.0 Å². The quantitative estimate of drug-likeness (QED) is 0.656. The van der Waals surface area contributed by atoms with Crippen molar-refractivity contribution in [2.75, 3.05) is 20.3 Å². The standard InChI is InChI=1S/C6H14O3.C4H8O2/c1-5(8)4-9-6(2)3-7;1-3-4(5)6-2/h5-8H,3-4H2,1-2H3;3H2,1-2H3. The van der Waals surface area contributed by atoms with E-state index in [-0.39, 0.29) is 18.7 Å². The highest BCUT2D eigenvalue weighted by atomic mass is 16.5. The van der Waals surface area contributed by atoms with Crippen LogP contribution in [0.25, 0.3) is 0 Å². The number of carbonyl (C=O) groups is 1. The zero-order chi connectivity index (χ0) is 12.3. The van der Waals surface area contributed by atoms with Crippen LogP contribution in [0.4, 0.5) is 0 Å². The summed E-state index contributed by atoms with van der Waals surface area (Å²) < 4.78 is 9.21. The van der Waals surface area contributed by atoms with Crippen LogP contribution in [0.3, 0.4) is 0 Å². The van der Waals surface area contributed by atoms with Crippen LogP contribution in [-0.2, 0) is 14.3 Å². The molecule has 0 radical (unpaired) electrons. The van der Waals surface area contributed by atoms with Gasteiger partial charge in [-0.25, -0.2) is 0 Å². The average Bonchev–Trinajstić information content (AvgIpc) is 2.25. The van der Waals surface area contributed by atoms with E-state index in [4.69, 9.17) is 14.9 Å². The molecule has 5 nitrogen and oxygen atoms in total. The first-order valence-corrected chi connectivity index (χ1v) is 4.95. The Labute approximate surface area is 91.0 Å². The number of hydrogen-bond acceptors (Lipinski definition) is 5. The van der Waals surface area contributed by atoms with Gasteiger partial charge in [0.05, 0.1) is 32.5 Å². The molecule has 0 aromatic carbocycles. The van der Waals surface area contributed by atoms with Gasteiger partial charge in [-0.05, 0) is 13.8 Å². The van der Waals surface area contributed by atoms with Gasteiger partial charge in [0.15, 0.2) is 0 Å². The summed E-state index contributed by atoms with van der Waals surface area (Å²) in [6.45, 7) is 5.45. The van der Waals surface area contributed by atoms with Crippen LogP contribution in [0.5, 0.6) is 0 Å². The van der Waals surface area contributed by atoms with E-state index in [9.17, 15) is 4.79 Å². The first-order valence-electron chi connectivity index (χ1n) is 4.95. The minimum Gasteiger partial charge on any atom is -0.469 e. The normalized spacial score (nSPS) is 13.5. The molecular formula is C10H22O5. The zero-order valence-corrected chi connectivity index (χ0v) is 9.90. The van der Waals surface area contributed by atoms with Gasteiger partial charge in [-0.3, -0.25) is 4.79 Å². The van der Waals surface area contributed by atoms with Crippen molar-refractivity contribution in [3.63, 3.8) is 0 Å². The number of esters is 1. The van der Waals surface area contributed by atoms with Gasteiger partial charge in [-0.2, -0.15) is 0 Å². The third kappa shape index (κ3) is 16.1. The number of carbonyl (C=O) groups excluding carboxylic acids is 1. The van der Waals surface area contributed by atoms with Crippen LogP contribution < -0.4 is 0 Å². The van der Waals surface area contributed by atoms with Crippen molar-refractivity contribution in [1.29, 1.82) is 0 Å². The lowest BCUT2D eigenvalue weighted by atomic mass is 10.4. The smallest absolute Gasteiger partial charge is 0.305 e. The molecule has 0 saturated carbocycles. The highest BCUT2D eigenvalue weighted by Crippen LogP contribution is 1.90. The van der Waals surface area contributed by atoms with E-state index in [1.165, 1.54) is 7.11 Å². The van der Waals surface area contributed by atoms with Crippen molar-refractivity contribution in [1.82, 2.24) is 0 Å². The molecule has 5 heteroatoms. The van der Waals surface area contributed by atoms with E-state index < -0.39 is 6.10 Å². The Morgan fingerprint density at radius 3 is 2.13 bits per heavy atom. The fourth-order valence-electron chi connectivity index (χ4n) is 0.501. The Hall–Kier alpha value is -0.650. The number of aliphatic hydroxyl groups is 2. The van der Waals surface area contributed by atoms with E-state index in [0.29, 0.717) is 13.0 Å². The van der Waals surface area contributed by atoms with Crippen LogP contribution >= 0.6 is 0 Å². The monoisotopic (exact) mass is 222 g/mol. The maximum atomic E-state index is 9.96. The summed E-state index contributed by atoms with van der Waals surface area (Å²) in [5, 5.41) is 17.1. The molecule has 0 fully saturated rings. The van der Waals surface area contributed by atoms with Crippen LogP contribution in [0.2, 0.25) is 0 Å². The molecule has 0 aliphatic heterocycles. The predicted octanol–water partition coefficient (Wildman–Crippen LogP) is 0.334. The number of ether oxygens (including phenoxy) is 2. The zero-order valence-electron chi connectivity index (χ0n) is 9.90. The number of hydrogen-bond donors (Lipinski definition) is 2. The molecule has 0 spiro atoms. The molecule has 2 unspecified atom stereocenters. The fourth-order valence-corrected chi connectivity index (χ4v) is 0.501. The molecule has 2 N–H and O–H groups in total. The molecule has 0 saturated heterocycles. The van der Waals surface area contributed by atoms with Crippen LogP contribution in [-0.4, -0.2) is 48.7 Å². The molecule has 0 aromatic rings. The van der Waals surface area contributed by atoms with Crippen molar-refractivity contribution < 1.29 is 24.5 Å². The van der Waals surface area contributed by atoms with Gasteiger partial charge in [0.25, 0.3) is 0 Å². The minimum atomic E-state index is -0.445. The molecule has 0 aromatic heterocycles. The van der Waals surface area contributed by atoms with Gasteiger partial charge < -0.3 is 19.7 Å². The summed E-state index contributed by atoms with van der Waals surface area (Å²) in [6, 6.07) is 0. The van der Waals surface area contributed by atoms with Crippen molar-refractivity contribution >= 4 is 5.97 Å². The number of aliphatic hydroxyl groups excluding tert-OH is 2. The Morgan fingerprint density at radius 1 is 1.40 bits per heavy atom. The Kier molecular flexibility index (Phi) is 12.8. The lowest BCUT2D eigenvalue weighted by Crippen LogP contribution is -2.19. The van der Waals surface area contributed by atoms with Crippen molar-refractivity contribution in [2.45, 2.75) is 39.4 Å². The second-order valence-electron chi connectivity index (χ2n) is 3.11. The Balaban J connectivity index is 0. The molecule has 0 aliphatic rings. The fraction of sp³-hybridized carbons (Fsp3) is 0.900. The third-order valence-corrected chi connectivity index (χ3v) is 1.40. The lowest BCUT2D eigenvalue weighted by molar-refractivity contribution is -0.140. The van der Waals surface area contributed by atoms with Crippen LogP contribution in [0, 0.1) is 0 Å². The van der Waals surface area contributed by atoms with Gasteiger partial charge in [-0.1, -0.05) is 6.92 Å². The number of methoxy groups -OCH3 is 1. The SMILES string of the molecule is CC(O)COC(C)CO.CCC(=O)OC.